The van der Waals surface area contributed by atoms with Gasteiger partial charge in [0.15, 0.2) is 0 Å². The molecule has 0 aromatic heterocycles. The quantitative estimate of drug-likeness (QED) is 0.638. The first-order chi connectivity index (χ1) is 7.28. The molecule has 1 aromatic carbocycles. The Morgan fingerprint density at radius 1 is 1.50 bits per heavy atom. The summed E-state index contributed by atoms with van der Waals surface area (Å²) in [6.07, 6.45) is 0.793. The molecule has 0 heterocycles. The molecule has 1 aliphatic carbocycles. The highest BCUT2D eigenvalue weighted by atomic mass is 35.5. The molecule has 1 saturated carbocycles. The molecule has 1 unspecified atom stereocenters. The molecular weight excluding hydrogens is 228 g/mol. The van der Waals surface area contributed by atoms with Crippen LogP contribution in [0.15, 0.2) is 18.2 Å². The first kappa shape index (κ1) is 11.4. The number of nitrogens with zero attached hydrogens (tertiary/aromatic N) is 1. The van der Waals surface area contributed by atoms with Gasteiger partial charge in [0.1, 0.15) is 0 Å². The fourth-order valence-electron chi connectivity index (χ4n) is 2.08. The van der Waals surface area contributed by atoms with Crippen LogP contribution in [0.3, 0.4) is 0 Å². The van der Waals surface area contributed by atoms with E-state index in [0.29, 0.717) is 10.6 Å². The van der Waals surface area contributed by atoms with Crippen LogP contribution >= 0.6 is 11.6 Å². The van der Waals surface area contributed by atoms with E-state index in [9.17, 15) is 10.1 Å². The summed E-state index contributed by atoms with van der Waals surface area (Å²) in [5, 5.41) is 11.2. The van der Waals surface area contributed by atoms with Crippen molar-refractivity contribution in [2.75, 3.05) is 0 Å². The molecule has 2 N–H and O–H groups in total. The zero-order valence-electron chi connectivity index (χ0n) is 9.16. The normalized spacial score (nSPS) is 26.5. The Morgan fingerprint density at radius 3 is 2.50 bits per heavy atom. The Morgan fingerprint density at radius 2 is 2.06 bits per heavy atom. The van der Waals surface area contributed by atoms with Crippen molar-refractivity contribution in [3.8, 4) is 0 Å². The number of nitro groups is 1. The molecule has 1 aromatic rings. The standard InChI is InChI=1S/C11H13ClN2O2/c1-10(2)6-11(10,13)8-5-7(14(15)16)3-4-9(8)12/h3-5H,6,13H2,1-2H3. The lowest BCUT2D eigenvalue weighted by Crippen LogP contribution is -2.25. The Hall–Kier alpha value is -1.13. The lowest BCUT2D eigenvalue weighted by molar-refractivity contribution is -0.384. The second-order valence-corrected chi connectivity index (χ2v) is 5.36. The number of benzene rings is 1. The van der Waals surface area contributed by atoms with Gasteiger partial charge in [0.2, 0.25) is 0 Å². The summed E-state index contributed by atoms with van der Waals surface area (Å²) in [6.45, 7) is 4.06. The molecule has 0 amide bonds. The van der Waals surface area contributed by atoms with Gasteiger partial charge in [-0.1, -0.05) is 25.4 Å². The maximum atomic E-state index is 10.7. The van der Waals surface area contributed by atoms with Crippen LogP contribution in [0.5, 0.6) is 0 Å². The molecule has 0 saturated heterocycles. The van der Waals surface area contributed by atoms with Crippen LogP contribution in [-0.4, -0.2) is 4.92 Å². The van der Waals surface area contributed by atoms with Gasteiger partial charge < -0.3 is 5.73 Å². The average molecular weight is 241 g/mol. The number of halogens is 1. The number of hydrogen-bond donors (Lipinski definition) is 1. The molecule has 0 bridgehead atoms. The van der Waals surface area contributed by atoms with E-state index in [1.165, 1.54) is 18.2 Å². The van der Waals surface area contributed by atoms with Gasteiger partial charge in [-0.15, -0.1) is 0 Å². The lowest BCUT2D eigenvalue weighted by atomic mass is 9.96. The summed E-state index contributed by atoms with van der Waals surface area (Å²) in [5.41, 5.74) is 6.34. The van der Waals surface area contributed by atoms with E-state index >= 15 is 0 Å². The van der Waals surface area contributed by atoms with Crippen LogP contribution in [0.25, 0.3) is 0 Å². The van der Waals surface area contributed by atoms with Crippen LogP contribution in [-0.2, 0) is 5.54 Å². The van der Waals surface area contributed by atoms with Gasteiger partial charge in [-0.2, -0.15) is 0 Å². The van der Waals surface area contributed by atoms with E-state index in [0.717, 1.165) is 6.42 Å². The largest absolute Gasteiger partial charge is 0.321 e. The molecule has 1 aliphatic rings. The SMILES string of the molecule is CC1(C)CC1(N)c1cc([N+](=O)[O-])ccc1Cl. The smallest absolute Gasteiger partial charge is 0.269 e. The predicted octanol–water partition coefficient (Wildman–Crippen LogP) is 2.83. The highest BCUT2D eigenvalue weighted by molar-refractivity contribution is 6.31. The van der Waals surface area contributed by atoms with E-state index in [1.54, 1.807) is 0 Å². The minimum Gasteiger partial charge on any atom is -0.321 e. The Kier molecular flexibility index (Phi) is 2.26. The topological polar surface area (TPSA) is 69.2 Å². The maximum absolute atomic E-state index is 10.7. The van der Waals surface area contributed by atoms with Crippen molar-refractivity contribution in [1.29, 1.82) is 0 Å². The van der Waals surface area contributed by atoms with Gasteiger partial charge >= 0.3 is 0 Å². The second kappa shape index (κ2) is 3.18. The maximum Gasteiger partial charge on any atom is 0.269 e. The molecule has 5 heteroatoms. The van der Waals surface area contributed by atoms with Gasteiger partial charge in [0, 0.05) is 22.7 Å². The monoisotopic (exact) mass is 240 g/mol. The molecule has 4 nitrogen and oxygen atoms in total. The van der Waals surface area contributed by atoms with E-state index in [-0.39, 0.29) is 11.1 Å². The zero-order valence-corrected chi connectivity index (χ0v) is 9.91. The third-order valence-electron chi connectivity index (χ3n) is 3.44. The zero-order chi connectivity index (χ0) is 12.1. The Balaban J connectivity index is 2.50. The van der Waals surface area contributed by atoms with Crippen LogP contribution in [0, 0.1) is 15.5 Å². The highest BCUT2D eigenvalue weighted by Gasteiger charge is 2.60. The molecule has 86 valence electrons. The summed E-state index contributed by atoms with van der Waals surface area (Å²) in [5.74, 6) is 0. The van der Waals surface area contributed by atoms with E-state index < -0.39 is 10.5 Å². The highest BCUT2D eigenvalue weighted by Crippen LogP contribution is 2.61. The molecule has 1 atom stereocenters. The van der Waals surface area contributed by atoms with Gasteiger partial charge in [0.25, 0.3) is 5.69 Å². The number of rotatable bonds is 2. The van der Waals surface area contributed by atoms with E-state index in [4.69, 9.17) is 17.3 Å². The van der Waals surface area contributed by atoms with Gasteiger partial charge in [-0.3, -0.25) is 10.1 Å². The second-order valence-electron chi connectivity index (χ2n) is 4.95. The number of non-ortho nitro benzene ring substituents is 1. The number of hydrogen-bond acceptors (Lipinski definition) is 3. The lowest BCUT2D eigenvalue weighted by Gasteiger charge is -2.16. The number of nitrogens with two attached hydrogens (primary N) is 1. The summed E-state index contributed by atoms with van der Waals surface area (Å²) in [4.78, 5) is 10.3. The van der Waals surface area contributed by atoms with E-state index in [1.807, 2.05) is 13.8 Å². The summed E-state index contributed by atoms with van der Waals surface area (Å²) in [6, 6.07) is 4.42. The summed E-state index contributed by atoms with van der Waals surface area (Å²) < 4.78 is 0. The van der Waals surface area contributed by atoms with Gasteiger partial charge in [0.05, 0.1) is 4.92 Å². The predicted molar refractivity (Wildman–Crippen MR) is 62.4 cm³/mol. The molecule has 2 rings (SSSR count). The Labute approximate surface area is 98.5 Å². The molecule has 0 aliphatic heterocycles. The third-order valence-corrected chi connectivity index (χ3v) is 3.77. The minimum absolute atomic E-state index is 0.0342. The first-order valence-electron chi connectivity index (χ1n) is 5.01. The third kappa shape index (κ3) is 1.49. The van der Waals surface area contributed by atoms with Gasteiger partial charge in [-0.05, 0) is 23.5 Å². The number of nitro benzene ring substituents is 1. The van der Waals surface area contributed by atoms with Crippen LogP contribution in [0.4, 0.5) is 5.69 Å². The van der Waals surface area contributed by atoms with Crippen molar-refractivity contribution in [2.45, 2.75) is 25.8 Å². The van der Waals surface area contributed by atoms with Crippen molar-refractivity contribution >= 4 is 17.3 Å². The van der Waals surface area contributed by atoms with Gasteiger partial charge in [-0.25, -0.2) is 0 Å². The molecule has 16 heavy (non-hydrogen) atoms. The molecule has 1 fully saturated rings. The van der Waals surface area contributed by atoms with Crippen LogP contribution < -0.4 is 5.73 Å². The molecular formula is C11H13ClN2O2. The molecule has 0 spiro atoms. The van der Waals surface area contributed by atoms with Crippen molar-refractivity contribution in [2.24, 2.45) is 11.1 Å². The average Bonchev–Trinajstić information content (AvgIpc) is 2.67. The van der Waals surface area contributed by atoms with E-state index in [2.05, 4.69) is 0 Å². The Bertz CT molecular complexity index is 473. The minimum atomic E-state index is -0.532. The summed E-state index contributed by atoms with van der Waals surface area (Å²) >= 11 is 6.05. The van der Waals surface area contributed by atoms with Crippen molar-refractivity contribution in [3.05, 3.63) is 38.9 Å². The molecule has 0 radical (unpaired) electrons. The van der Waals surface area contributed by atoms with Crippen LogP contribution in [0.2, 0.25) is 5.02 Å². The first-order valence-corrected chi connectivity index (χ1v) is 5.39. The van der Waals surface area contributed by atoms with Crippen molar-refractivity contribution in [3.63, 3.8) is 0 Å². The van der Waals surface area contributed by atoms with Crippen molar-refractivity contribution < 1.29 is 4.92 Å². The fraction of sp³-hybridized carbons (Fsp3) is 0.455. The fourth-order valence-corrected chi connectivity index (χ4v) is 2.37. The van der Waals surface area contributed by atoms with Crippen LogP contribution in [0.1, 0.15) is 25.8 Å². The summed E-state index contributed by atoms with van der Waals surface area (Å²) in [7, 11) is 0. The van der Waals surface area contributed by atoms with Crippen molar-refractivity contribution in [1.82, 2.24) is 0 Å².